The highest BCUT2D eigenvalue weighted by molar-refractivity contribution is 5.43. The van der Waals surface area contributed by atoms with Gasteiger partial charge in [-0.05, 0) is 32.0 Å². The SMILES string of the molecule is CCNC(C)c1ccc(N(C)CCCOC)cn1. The molecule has 0 fully saturated rings. The molecule has 0 aromatic carbocycles. The summed E-state index contributed by atoms with van der Waals surface area (Å²) in [5.41, 5.74) is 2.24. The van der Waals surface area contributed by atoms with Crippen LogP contribution in [0.3, 0.4) is 0 Å². The number of hydrogen-bond donors (Lipinski definition) is 1. The topological polar surface area (TPSA) is 37.4 Å². The van der Waals surface area contributed by atoms with Crippen LogP contribution in [0.15, 0.2) is 18.3 Å². The number of nitrogens with zero attached hydrogens (tertiary/aromatic N) is 2. The molecule has 4 nitrogen and oxygen atoms in total. The zero-order chi connectivity index (χ0) is 13.4. The third kappa shape index (κ3) is 4.63. The first-order chi connectivity index (χ1) is 8.69. The average Bonchev–Trinajstić information content (AvgIpc) is 2.39. The number of nitrogens with one attached hydrogen (secondary N) is 1. The fraction of sp³-hybridized carbons (Fsp3) is 0.643. The summed E-state index contributed by atoms with van der Waals surface area (Å²) >= 11 is 0. The van der Waals surface area contributed by atoms with Crippen molar-refractivity contribution in [2.75, 3.05) is 38.8 Å². The molecule has 0 aliphatic heterocycles. The second-order valence-electron chi connectivity index (χ2n) is 4.49. The van der Waals surface area contributed by atoms with Crippen LogP contribution < -0.4 is 10.2 Å². The van der Waals surface area contributed by atoms with Crippen molar-refractivity contribution in [2.45, 2.75) is 26.3 Å². The lowest BCUT2D eigenvalue weighted by Gasteiger charge is -2.19. The van der Waals surface area contributed by atoms with Gasteiger partial charge in [0.15, 0.2) is 0 Å². The predicted octanol–water partition coefficient (Wildman–Crippen LogP) is 2.22. The lowest BCUT2D eigenvalue weighted by atomic mass is 10.2. The average molecular weight is 251 g/mol. The van der Waals surface area contributed by atoms with E-state index >= 15 is 0 Å². The Bertz CT molecular complexity index is 326. The maximum Gasteiger partial charge on any atom is 0.0572 e. The molecule has 0 saturated carbocycles. The second-order valence-corrected chi connectivity index (χ2v) is 4.49. The molecule has 18 heavy (non-hydrogen) atoms. The standard InChI is InChI=1S/C14H25N3O/c1-5-15-12(2)14-8-7-13(11-16-14)17(3)9-6-10-18-4/h7-8,11-12,15H,5-6,9-10H2,1-4H3. The largest absolute Gasteiger partial charge is 0.385 e. The van der Waals surface area contributed by atoms with Gasteiger partial charge in [-0.2, -0.15) is 0 Å². The van der Waals surface area contributed by atoms with Crippen molar-refractivity contribution < 1.29 is 4.74 Å². The van der Waals surface area contributed by atoms with Gasteiger partial charge < -0.3 is 15.0 Å². The molecular weight excluding hydrogens is 226 g/mol. The van der Waals surface area contributed by atoms with E-state index in [1.165, 1.54) is 0 Å². The minimum atomic E-state index is 0.308. The summed E-state index contributed by atoms with van der Waals surface area (Å²) in [5, 5.41) is 3.36. The van der Waals surface area contributed by atoms with E-state index in [0.717, 1.165) is 37.5 Å². The quantitative estimate of drug-likeness (QED) is 0.719. The van der Waals surface area contributed by atoms with Crippen molar-refractivity contribution >= 4 is 5.69 Å². The van der Waals surface area contributed by atoms with Crippen LogP contribution in [-0.4, -0.2) is 38.8 Å². The molecule has 1 N–H and O–H groups in total. The summed E-state index contributed by atoms with van der Waals surface area (Å²) < 4.78 is 5.06. The first-order valence-corrected chi connectivity index (χ1v) is 6.58. The van der Waals surface area contributed by atoms with Gasteiger partial charge in [0.2, 0.25) is 0 Å². The molecule has 0 saturated heterocycles. The van der Waals surface area contributed by atoms with E-state index in [4.69, 9.17) is 4.74 Å². The summed E-state index contributed by atoms with van der Waals surface area (Å²) in [4.78, 5) is 6.71. The molecule has 1 aromatic rings. The van der Waals surface area contributed by atoms with Gasteiger partial charge in [0.25, 0.3) is 0 Å². The monoisotopic (exact) mass is 251 g/mol. The number of aromatic nitrogens is 1. The molecule has 1 aromatic heterocycles. The van der Waals surface area contributed by atoms with E-state index in [0.29, 0.717) is 6.04 Å². The number of rotatable bonds is 8. The van der Waals surface area contributed by atoms with Gasteiger partial charge in [-0.3, -0.25) is 4.98 Å². The fourth-order valence-corrected chi connectivity index (χ4v) is 1.87. The molecule has 0 aliphatic carbocycles. The molecule has 102 valence electrons. The van der Waals surface area contributed by atoms with Gasteiger partial charge in [0, 0.05) is 33.4 Å². The van der Waals surface area contributed by atoms with Crippen molar-refractivity contribution in [2.24, 2.45) is 0 Å². The van der Waals surface area contributed by atoms with Gasteiger partial charge in [0.05, 0.1) is 17.6 Å². The van der Waals surface area contributed by atoms with Crippen LogP contribution in [0.2, 0.25) is 0 Å². The molecule has 1 heterocycles. The molecule has 0 amide bonds. The number of anilines is 1. The summed E-state index contributed by atoms with van der Waals surface area (Å²) in [6.07, 6.45) is 2.97. The minimum Gasteiger partial charge on any atom is -0.385 e. The highest BCUT2D eigenvalue weighted by Crippen LogP contribution is 2.15. The smallest absolute Gasteiger partial charge is 0.0572 e. The van der Waals surface area contributed by atoms with Gasteiger partial charge in [-0.1, -0.05) is 6.92 Å². The molecule has 1 rings (SSSR count). The normalized spacial score (nSPS) is 12.4. The van der Waals surface area contributed by atoms with Crippen molar-refractivity contribution in [1.29, 1.82) is 0 Å². The highest BCUT2D eigenvalue weighted by atomic mass is 16.5. The summed E-state index contributed by atoms with van der Waals surface area (Å²) in [6, 6.07) is 4.53. The summed E-state index contributed by atoms with van der Waals surface area (Å²) in [5.74, 6) is 0. The van der Waals surface area contributed by atoms with Crippen molar-refractivity contribution in [3.05, 3.63) is 24.0 Å². The van der Waals surface area contributed by atoms with Gasteiger partial charge in [-0.15, -0.1) is 0 Å². The first kappa shape index (κ1) is 14.9. The van der Waals surface area contributed by atoms with Gasteiger partial charge in [0.1, 0.15) is 0 Å². The molecule has 0 bridgehead atoms. The van der Waals surface area contributed by atoms with E-state index < -0.39 is 0 Å². The molecular formula is C14H25N3O. The molecule has 4 heteroatoms. The minimum absolute atomic E-state index is 0.308. The molecule has 0 aliphatic rings. The van der Waals surface area contributed by atoms with Crippen LogP contribution in [0.5, 0.6) is 0 Å². The Hall–Kier alpha value is -1.13. The summed E-state index contributed by atoms with van der Waals surface area (Å²) in [7, 11) is 3.82. The molecule has 0 spiro atoms. The Balaban J connectivity index is 2.53. The van der Waals surface area contributed by atoms with Crippen LogP contribution in [0.1, 0.15) is 32.0 Å². The predicted molar refractivity (Wildman–Crippen MR) is 76.1 cm³/mol. The lowest BCUT2D eigenvalue weighted by molar-refractivity contribution is 0.196. The zero-order valence-corrected chi connectivity index (χ0v) is 11.9. The Morgan fingerprint density at radius 3 is 2.78 bits per heavy atom. The fourth-order valence-electron chi connectivity index (χ4n) is 1.87. The van der Waals surface area contributed by atoms with Crippen LogP contribution in [0.4, 0.5) is 5.69 Å². The van der Waals surface area contributed by atoms with Gasteiger partial charge in [-0.25, -0.2) is 0 Å². The molecule has 1 unspecified atom stereocenters. The zero-order valence-electron chi connectivity index (χ0n) is 11.9. The van der Waals surface area contributed by atoms with Gasteiger partial charge >= 0.3 is 0 Å². The Labute approximate surface area is 110 Å². The van der Waals surface area contributed by atoms with Crippen LogP contribution in [0.25, 0.3) is 0 Å². The molecule has 1 atom stereocenters. The number of methoxy groups -OCH3 is 1. The second kappa shape index (κ2) is 8.06. The highest BCUT2D eigenvalue weighted by Gasteiger charge is 2.06. The Kier molecular flexibility index (Phi) is 6.68. The van der Waals surface area contributed by atoms with Crippen molar-refractivity contribution in [1.82, 2.24) is 10.3 Å². The van der Waals surface area contributed by atoms with Crippen LogP contribution >= 0.6 is 0 Å². The van der Waals surface area contributed by atoms with Crippen LogP contribution in [-0.2, 0) is 4.74 Å². The van der Waals surface area contributed by atoms with Crippen molar-refractivity contribution in [3.8, 4) is 0 Å². The third-order valence-electron chi connectivity index (χ3n) is 3.01. The maximum absolute atomic E-state index is 5.06. The third-order valence-corrected chi connectivity index (χ3v) is 3.01. The first-order valence-electron chi connectivity index (χ1n) is 6.58. The maximum atomic E-state index is 5.06. The van der Waals surface area contributed by atoms with Crippen LogP contribution in [0, 0.1) is 0 Å². The van der Waals surface area contributed by atoms with E-state index in [9.17, 15) is 0 Å². The van der Waals surface area contributed by atoms with E-state index in [-0.39, 0.29) is 0 Å². The Morgan fingerprint density at radius 2 is 2.22 bits per heavy atom. The number of hydrogen-bond acceptors (Lipinski definition) is 4. The van der Waals surface area contributed by atoms with Crippen molar-refractivity contribution in [3.63, 3.8) is 0 Å². The lowest BCUT2D eigenvalue weighted by Crippen LogP contribution is -2.21. The molecule has 0 radical (unpaired) electrons. The summed E-state index contributed by atoms with van der Waals surface area (Å²) in [6.45, 7) is 6.98. The number of pyridine rings is 1. The van der Waals surface area contributed by atoms with E-state index in [1.54, 1.807) is 7.11 Å². The Morgan fingerprint density at radius 1 is 1.44 bits per heavy atom. The van der Waals surface area contributed by atoms with E-state index in [1.807, 2.05) is 6.20 Å². The van der Waals surface area contributed by atoms with E-state index in [2.05, 4.69) is 48.2 Å². The number of ether oxygens (including phenoxy) is 1.